The number of carbonyl (C=O) groups is 1. The first kappa shape index (κ1) is 19.9. The predicted octanol–water partition coefficient (Wildman–Crippen LogP) is 4.57. The highest BCUT2D eigenvalue weighted by molar-refractivity contribution is 5.97. The lowest BCUT2D eigenvalue weighted by Gasteiger charge is -2.14. The molecule has 0 spiro atoms. The molecule has 0 aliphatic heterocycles. The monoisotopic (exact) mass is 400 g/mol. The van der Waals surface area contributed by atoms with E-state index in [2.05, 4.69) is 4.98 Å². The number of pyridine rings is 1. The fourth-order valence-corrected chi connectivity index (χ4v) is 3.67. The second-order valence-corrected chi connectivity index (χ2v) is 7.30. The van der Waals surface area contributed by atoms with Crippen molar-refractivity contribution in [3.05, 3.63) is 102 Å². The molecule has 0 fully saturated rings. The zero-order valence-electron chi connectivity index (χ0n) is 16.9. The van der Waals surface area contributed by atoms with Gasteiger partial charge >= 0.3 is 0 Å². The van der Waals surface area contributed by atoms with Crippen LogP contribution >= 0.6 is 0 Å². The average molecular weight is 400 g/mol. The Morgan fingerprint density at radius 1 is 1.03 bits per heavy atom. The second-order valence-electron chi connectivity index (χ2n) is 7.30. The largest absolute Gasteiger partial charge is 0.485 e. The number of benzene rings is 2. The van der Waals surface area contributed by atoms with Crippen molar-refractivity contribution in [3.8, 4) is 5.75 Å². The number of hydrogen-bond acceptors (Lipinski definition) is 4. The number of Topliss-reactive ketones (excluding diaryl/α,β-unsaturated/α-hetero) is 1. The summed E-state index contributed by atoms with van der Waals surface area (Å²) in [5.41, 5.74) is 3.82. The highest BCUT2D eigenvalue weighted by Crippen LogP contribution is 2.26. The third-order valence-electron chi connectivity index (χ3n) is 5.21. The lowest BCUT2D eigenvalue weighted by molar-refractivity contribution is 0.0953. The number of rotatable bonds is 8. The predicted molar refractivity (Wildman–Crippen MR) is 116 cm³/mol. The van der Waals surface area contributed by atoms with Crippen LogP contribution in [0.3, 0.4) is 0 Å². The van der Waals surface area contributed by atoms with Gasteiger partial charge < -0.3 is 9.84 Å². The van der Waals surface area contributed by atoms with Crippen molar-refractivity contribution in [2.75, 3.05) is 6.61 Å². The molecule has 0 saturated heterocycles. The lowest BCUT2D eigenvalue weighted by Crippen LogP contribution is -2.13. The van der Waals surface area contributed by atoms with Gasteiger partial charge in [-0.2, -0.15) is 0 Å². The van der Waals surface area contributed by atoms with Crippen LogP contribution in [0.4, 0.5) is 0 Å². The van der Waals surface area contributed by atoms with E-state index in [9.17, 15) is 9.90 Å². The number of nitrogens with zero attached hydrogens (tertiary/aromatic N) is 2. The van der Waals surface area contributed by atoms with E-state index in [1.165, 1.54) is 0 Å². The van der Waals surface area contributed by atoms with Gasteiger partial charge in [0.05, 0.1) is 12.3 Å². The molecule has 0 aliphatic carbocycles. The number of imidazole rings is 1. The number of carbonyl (C=O) groups excluding carboxylic acids is 1. The number of ether oxygens (including phenoxy) is 1. The van der Waals surface area contributed by atoms with Gasteiger partial charge in [-0.3, -0.25) is 9.20 Å². The van der Waals surface area contributed by atoms with E-state index in [4.69, 9.17) is 4.74 Å². The fraction of sp³-hybridized carbons (Fsp3) is 0.200. The van der Waals surface area contributed by atoms with Crippen LogP contribution in [0, 0.1) is 6.92 Å². The Bertz CT molecular complexity index is 1140. The van der Waals surface area contributed by atoms with Gasteiger partial charge in [0.2, 0.25) is 0 Å². The smallest absolute Gasteiger partial charge is 0.182 e. The normalized spacial score (nSPS) is 12.1. The Hall–Kier alpha value is -3.44. The van der Waals surface area contributed by atoms with E-state index < -0.39 is 0 Å². The molecule has 0 bridgehead atoms. The third kappa shape index (κ3) is 4.11. The number of aromatic nitrogens is 2. The summed E-state index contributed by atoms with van der Waals surface area (Å²) in [4.78, 5) is 17.8. The molecule has 4 rings (SSSR count). The van der Waals surface area contributed by atoms with Crippen molar-refractivity contribution in [1.29, 1.82) is 0 Å². The molecule has 2 aromatic carbocycles. The molecule has 1 N–H and O–H groups in total. The molecule has 152 valence electrons. The number of hydrogen-bond donors (Lipinski definition) is 1. The third-order valence-corrected chi connectivity index (χ3v) is 5.21. The fourth-order valence-electron chi connectivity index (χ4n) is 3.67. The maximum absolute atomic E-state index is 13.2. The highest BCUT2D eigenvalue weighted by Gasteiger charge is 2.22. The van der Waals surface area contributed by atoms with E-state index in [1.807, 2.05) is 85.9 Å². The van der Waals surface area contributed by atoms with Crippen LogP contribution in [-0.4, -0.2) is 26.9 Å². The number of ketones is 1. The lowest BCUT2D eigenvalue weighted by atomic mass is 9.93. The van der Waals surface area contributed by atoms with Crippen LogP contribution in [0.1, 0.15) is 39.6 Å². The maximum Gasteiger partial charge on any atom is 0.182 e. The van der Waals surface area contributed by atoms with Crippen molar-refractivity contribution in [2.24, 2.45) is 0 Å². The first-order chi connectivity index (χ1) is 14.7. The van der Waals surface area contributed by atoms with E-state index in [0.29, 0.717) is 29.4 Å². The van der Waals surface area contributed by atoms with E-state index >= 15 is 0 Å². The van der Waals surface area contributed by atoms with Crippen molar-refractivity contribution >= 4 is 11.4 Å². The molecule has 5 heteroatoms. The van der Waals surface area contributed by atoms with Crippen LogP contribution in [0.15, 0.2) is 79.0 Å². The van der Waals surface area contributed by atoms with Crippen LogP contribution in [-0.2, 0) is 6.61 Å². The van der Waals surface area contributed by atoms with Crippen LogP contribution < -0.4 is 4.74 Å². The van der Waals surface area contributed by atoms with Crippen LogP contribution in [0.2, 0.25) is 0 Å². The Morgan fingerprint density at radius 2 is 1.73 bits per heavy atom. The molecule has 2 aromatic heterocycles. The molecule has 30 heavy (non-hydrogen) atoms. The molecule has 4 aromatic rings. The van der Waals surface area contributed by atoms with Crippen LogP contribution in [0.5, 0.6) is 5.75 Å². The summed E-state index contributed by atoms with van der Waals surface area (Å²) < 4.78 is 7.78. The van der Waals surface area contributed by atoms with Gasteiger partial charge in [0.1, 0.15) is 12.3 Å². The number of aliphatic hydroxyl groups excluding tert-OH is 1. The van der Waals surface area contributed by atoms with Gasteiger partial charge in [0.25, 0.3) is 0 Å². The van der Waals surface area contributed by atoms with Gasteiger partial charge in [-0.05, 0) is 30.2 Å². The standard InChI is InChI=1S/C25H24N2O3/c1-18-24(22(29)15-21(16-28)20-11-6-3-7-12-20)27-14-8-13-23(25(27)26-18)30-17-19-9-4-2-5-10-19/h2-14,21,28H,15-17H2,1H3/t21-/m0/s1. The highest BCUT2D eigenvalue weighted by atomic mass is 16.5. The molecule has 2 heterocycles. The van der Waals surface area contributed by atoms with E-state index in [0.717, 1.165) is 11.1 Å². The molecular formula is C25H24N2O3. The zero-order valence-corrected chi connectivity index (χ0v) is 16.9. The Balaban J connectivity index is 1.60. The number of aryl methyl sites for hydroxylation is 1. The van der Waals surface area contributed by atoms with Crippen molar-refractivity contribution in [2.45, 2.75) is 25.9 Å². The summed E-state index contributed by atoms with van der Waals surface area (Å²) in [5, 5.41) is 9.84. The topological polar surface area (TPSA) is 63.8 Å². The van der Waals surface area contributed by atoms with E-state index in [1.54, 1.807) is 4.40 Å². The Kier molecular flexibility index (Phi) is 5.91. The van der Waals surface area contributed by atoms with Gasteiger partial charge in [-0.25, -0.2) is 4.98 Å². The quantitative estimate of drug-likeness (QED) is 0.440. The minimum atomic E-state index is -0.249. The Labute approximate surface area is 175 Å². The molecule has 1 atom stereocenters. The molecule has 0 radical (unpaired) electrons. The minimum absolute atomic E-state index is 0.0527. The first-order valence-electron chi connectivity index (χ1n) is 10.0. The second kappa shape index (κ2) is 8.93. The number of fused-ring (bicyclic) bond motifs is 1. The molecule has 0 aliphatic rings. The maximum atomic E-state index is 13.2. The summed E-state index contributed by atoms with van der Waals surface area (Å²) >= 11 is 0. The van der Waals surface area contributed by atoms with Gasteiger partial charge in [0.15, 0.2) is 17.2 Å². The minimum Gasteiger partial charge on any atom is -0.485 e. The van der Waals surface area contributed by atoms with Crippen LogP contribution in [0.25, 0.3) is 5.65 Å². The van der Waals surface area contributed by atoms with Crippen molar-refractivity contribution < 1.29 is 14.6 Å². The average Bonchev–Trinajstić information content (AvgIpc) is 3.13. The van der Waals surface area contributed by atoms with Gasteiger partial charge in [0, 0.05) is 18.5 Å². The molecule has 5 nitrogen and oxygen atoms in total. The van der Waals surface area contributed by atoms with Crippen molar-refractivity contribution in [3.63, 3.8) is 0 Å². The van der Waals surface area contributed by atoms with Gasteiger partial charge in [-0.15, -0.1) is 0 Å². The number of aliphatic hydroxyl groups is 1. The summed E-state index contributed by atoms with van der Waals surface area (Å²) in [7, 11) is 0. The molecular weight excluding hydrogens is 376 g/mol. The summed E-state index contributed by atoms with van der Waals surface area (Å²) in [6.45, 7) is 2.17. The molecule has 0 saturated carbocycles. The Morgan fingerprint density at radius 3 is 2.43 bits per heavy atom. The first-order valence-corrected chi connectivity index (χ1v) is 10.0. The summed E-state index contributed by atoms with van der Waals surface area (Å²) in [6, 6.07) is 23.3. The van der Waals surface area contributed by atoms with Crippen molar-refractivity contribution in [1.82, 2.24) is 9.38 Å². The van der Waals surface area contributed by atoms with E-state index in [-0.39, 0.29) is 24.7 Å². The molecule has 0 unspecified atom stereocenters. The summed E-state index contributed by atoms with van der Waals surface area (Å²) in [5.74, 6) is 0.328. The SMILES string of the molecule is Cc1nc2c(OCc3ccccc3)cccn2c1C(=O)C[C@@H](CO)c1ccccc1. The van der Waals surface area contributed by atoms with Gasteiger partial charge in [-0.1, -0.05) is 60.7 Å². The summed E-state index contributed by atoms with van der Waals surface area (Å²) in [6.07, 6.45) is 2.04. The zero-order chi connectivity index (χ0) is 20.9. The molecule has 0 amide bonds.